The SMILES string of the molecule is C[N+]#Cc1ccc(CNc2ccc3n[nH]nc3c2Br)cc1. The maximum absolute atomic E-state index is 4.12. The highest BCUT2D eigenvalue weighted by atomic mass is 79.9. The monoisotopic (exact) mass is 342 g/mol. The van der Waals surface area contributed by atoms with Crippen molar-refractivity contribution in [1.29, 1.82) is 0 Å². The van der Waals surface area contributed by atoms with Crippen LogP contribution in [0.1, 0.15) is 11.1 Å². The number of H-pyrrole nitrogens is 1. The maximum atomic E-state index is 4.12. The third-order valence-electron chi connectivity index (χ3n) is 3.10. The van der Waals surface area contributed by atoms with Crippen molar-refractivity contribution in [2.75, 3.05) is 12.4 Å². The molecule has 0 aliphatic carbocycles. The van der Waals surface area contributed by atoms with Crippen LogP contribution in [0.25, 0.3) is 15.9 Å². The molecule has 2 aromatic carbocycles. The Kier molecular flexibility index (Phi) is 3.84. The number of rotatable bonds is 3. The summed E-state index contributed by atoms with van der Waals surface area (Å²) in [5.41, 5.74) is 4.81. The van der Waals surface area contributed by atoms with E-state index in [0.717, 1.165) is 33.3 Å². The fourth-order valence-corrected chi connectivity index (χ4v) is 2.60. The number of hydrogen-bond donors (Lipinski definition) is 2. The molecule has 0 fully saturated rings. The van der Waals surface area contributed by atoms with Crippen LogP contribution >= 0.6 is 15.9 Å². The van der Waals surface area contributed by atoms with Gasteiger partial charge in [-0.05, 0) is 45.8 Å². The minimum atomic E-state index is 0.728. The highest BCUT2D eigenvalue weighted by Crippen LogP contribution is 2.29. The molecule has 0 aliphatic heterocycles. The van der Waals surface area contributed by atoms with Crippen molar-refractivity contribution in [2.45, 2.75) is 6.54 Å². The summed E-state index contributed by atoms with van der Waals surface area (Å²) in [7, 11) is 1.72. The zero-order chi connectivity index (χ0) is 14.7. The van der Waals surface area contributed by atoms with E-state index in [1.54, 1.807) is 7.05 Å². The molecule has 21 heavy (non-hydrogen) atoms. The number of halogens is 1. The largest absolute Gasteiger partial charge is 0.380 e. The molecule has 0 radical (unpaired) electrons. The standard InChI is InChI=1S/C15H13BrN5/c1-17-8-10-2-4-11(5-3-10)9-18-12-6-7-13-15(14(12)16)20-21-19-13/h2-7,18H,9H2,1H3,(H,19,20,21)/q+1. The third kappa shape index (κ3) is 2.88. The molecule has 5 nitrogen and oxygen atoms in total. The van der Waals surface area contributed by atoms with Gasteiger partial charge in [0, 0.05) is 6.54 Å². The molecule has 104 valence electrons. The van der Waals surface area contributed by atoms with Crippen LogP contribution in [-0.2, 0) is 6.54 Å². The Hall–Kier alpha value is -2.39. The van der Waals surface area contributed by atoms with E-state index in [1.807, 2.05) is 24.3 Å². The lowest BCUT2D eigenvalue weighted by Crippen LogP contribution is -2.00. The summed E-state index contributed by atoms with van der Waals surface area (Å²) < 4.78 is 0.914. The van der Waals surface area contributed by atoms with Gasteiger partial charge in [-0.2, -0.15) is 15.4 Å². The fraction of sp³-hybridized carbons (Fsp3) is 0.133. The molecule has 3 aromatic rings. The van der Waals surface area contributed by atoms with E-state index in [0.29, 0.717) is 0 Å². The average Bonchev–Trinajstić information content (AvgIpc) is 2.98. The first kappa shape index (κ1) is 13.6. The van der Waals surface area contributed by atoms with Crippen LogP contribution in [0.2, 0.25) is 0 Å². The first-order valence-corrected chi connectivity index (χ1v) is 7.24. The second-order valence-electron chi connectivity index (χ2n) is 4.50. The number of benzene rings is 2. The number of nitrogens with zero attached hydrogens (tertiary/aromatic N) is 3. The van der Waals surface area contributed by atoms with Gasteiger partial charge in [-0.25, -0.2) is 0 Å². The van der Waals surface area contributed by atoms with Gasteiger partial charge in [0.1, 0.15) is 16.6 Å². The number of nitrogens with one attached hydrogen (secondary N) is 2. The van der Waals surface area contributed by atoms with Crippen LogP contribution in [0.3, 0.4) is 0 Å². The van der Waals surface area contributed by atoms with E-state index in [9.17, 15) is 0 Å². The minimum Gasteiger partial charge on any atom is -0.380 e. The Morgan fingerprint density at radius 1 is 1.19 bits per heavy atom. The smallest absolute Gasteiger partial charge is 0.310 e. The number of aromatic amines is 1. The highest BCUT2D eigenvalue weighted by molar-refractivity contribution is 9.10. The summed E-state index contributed by atoms with van der Waals surface area (Å²) in [6.45, 7) is 0.728. The number of aromatic nitrogens is 3. The van der Waals surface area contributed by atoms with Crippen molar-refractivity contribution in [1.82, 2.24) is 15.4 Å². The molecule has 0 saturated carbocycles. The van der Waals surface area contributed by atoms with Crippen molar-refractivity contribution in [3.63, 3.8) is 0 Å². The summed E-state index contributed by atoms with van der Waals surface area (Å²) in [6.07, 6.45) is 0. The van der Waals surface area contributed by atoms with Crippen molar-refractivity contribution >= 4 is 32.7 Å². The van der Waals surface area contributed by atoms with E-state index in [2.05, 4.69) is 59.7 Å². The molecule has 1 aromatic heterocycles. The first-order valence-electron chi connectivity index (χ1n) is 6.44. The molecular weight excluding hydrogens is 330 g/mol. The van der Waals surface area contributed by atoms with Gasteiger partial charge in [0.15, 0.2) is 0 Å². The topological polar surface area (TPSA) is 58.0 Å². The summed E-state index contributed by atoms with van der Waals surface area (Å²) in [5.74, 6) is 0. The Morgan fingerprint density at radius 2 is 2.00 bits per heavy atom. The zero-order valence-electron chi connectivity index (χ0n) is 11.4. The van der Waals surface area contributed by atoms with Crippen molar-refractivity contribution in [2.24, 2.45) is 0 Å². The zero-order valence-corrected chi connectivity index (χ0v) is 13.0. The van der Waals surface area contributed by atoms with Gasteiger partial charge in [-0.1, -0.05) is 17.0 Å². The Bertz CT molecular complexity index is 827. The molecule has 0 amide bonds. The Morgan fingerprint density at radius 3 is 2.76 bits per heavy atom. The second kappa shape index (κ2) is 5.94. The molecule has 0 bridgehead atoms. The summed E-state index contributed by atoms with van der Waals surface area (Å²) in [5, 5.41) is 14.2. The van der Waals surface area contributed by atoms with Gasteiger partial charge in [0.05, 0.1) is 10.2 Å². The maximum Gasteiger partial charge on any atom is 0.310 e. The van der Waals surface area contributed by atoms with Crippen LogP contribution in [0.4, 0.5) is 5.69 Å². The molecule has 1 heterocycles. The average molecular weight is 343 g/mol. The predicted octanol–water partition coefficient (Wildman–Crippen LogP) is 3.64. The van der Waals surface area contributed by atoms with Crippen LogP contribution in [0.5, 0.6) is 0 Å². The van der Waals surface area contributed by atoms with Gasteiger partial charge >= 0.3 is 6.07 Å². The molecule has 3 rings (SSSR count). The van der Waals surface area contributed by atoms with E-state index in [-0.39, 0.29) is 0 Å². The number of anilines is 1. The van der Waals surface area contributed by atoms with Crippen LogP contribution < -0.4 is 5.32 Å². The lowest BCUT2D eigenvalue weighted by atomic mass is 10.1. The molecule has 0 atom stereocenters. The van der Waals surface area contributed by atoms with Gasteiger partial charge in [-0.15, -0.1) is 0 Å². The number of hydrogen-bond acceptors (Lipinski definition) is 3. The molecule has 6 heteroatoms. The minimum absolute atomic E-state index is 0.728. The van der Waals surface area contributed by atoms with E-state index >= 15 is 0 Å². The Balaban J connectivity index is 1.76. The Labute approximate surface area is 130 Å². The summed E-state index contributed by atoms with van der Waals surface area (Å²) >= 11 is 3.56. The lowest BCUT2D eigenvalue weighted by molar-refractivity contribution is 0.959. The van der Waals surface area contributed by atoms with Gasteiger partial charge in [-0.3, -0.25) is 0 Å². The first-order chi connectivity index (χ1) is 10.3. The quantitative estimate of drug-likeness (QED) is 0.763. The fourth-order valence-electron chi connectivity index (χ4n) is 2.04. The van der Waals surface area contributed by atoms with Crippen LogP contribution in [0.15, 0.2) is 40.9 Å². The molecule has 0 spiro atoms. The summed E-state index contributed by atoms with van der Waals surface area (Å²) in [6, 6.07) is 14.9. The normalized spacial score (nSPS) is 10.2. The molecule has 0 saturated heterocycles. The number of fused-ring (bicyclic) bond motifs is 1. The van der Waals surface area contributed by atoms with Crippen molar-refractivity contribution in [3.8, 4) is 6.07 Å². The molecule has 0 aliphatic rings. The van der Waals surface area contributed by atoms with Gasteiger partial charge in [0.25, 0.3) is 7.05 Å². The van der Waals surface area contributed by atoms with Crippen LogP contribution in [0, 0.1) is 6.07 Å². The second-order valence-corrected chi connectivity index (χ2v) is 5.30. The van der Waals surface area contributed by atoms with E-state index in [1.165, 1.54) is 5.56 Å². The highest BCUT2D eigenvalue weighted by Gasteiger charge is 2.08. The van der Waals surface area contributed by atoms with E-state index < -0.39 is 0 Å². The summed E-state index contributed by atoms with van der Waals surface area (Å²) in [4.78, 5) is 3.88. The molecule has 2 N–H and O–H groups in total. The van der Waals surface area contributed by atoms with Gasteiger partial charge in [0.2, 0.25) is 0 Å². The van der Waals surface area contributed by atoms with E-state index in [4.69, 9.17) is 0 Å². The molecular formula is C15H13BrN5+. The lowest BCUT2D eigenvalue weighted by Gasteiger charge is -2.08. The molecule has 0 unspecified atom stereocenters. The van der Waals surface area contributed by atoms with Crippen molar-refractivity contribution < 1.29 is 0 Å². The van der Waals surface area contributed by atoms with Crippen molar-refractivity contribution in [3.05, 3.63) is 56.8 Å². The third-order valence-corrected chi connectivity index (χ3v) is 3.91. The van der Waals surface area contributed by atoms with Crippen LogP contribution in [-0.4, -0.2) is 22.5 Å². The predicted molar refractivity (Wildman–Crippen MR) is 87.6 cm³/mol. The van der Waals surface area contributed by atoms with Gasteiger partial charge < -0.3 is 5.32 Å².